The predicted molar refractivity (Wildman–Crippen MR) is 101 cm³/mol. The van der Waals surface area contributed by atoms with Crippen molar-refractivity contribution in [1.82, 2.24) is 25.0 Å². The van der Waals surface area contributed by atoms with Crippen LogP contribution in [-0.2, 0) is 6.42 Å². The van der Waals surface area contributed by atoms with Crippen LogP contribution in [0.3, 0.4) is 0 Å². The molecule has 2 heterocycles. The zero-order chi connectivity index (χ0) is 16.9. The number of halogens is 2. The Bertz CT molecular complexity index is 711. The Hall–Kier alpha value is -1.63. The molecule has 1 fully saturated rings. The van der Waals surface area contributed by atoms with E-state index in [1.54, 1.807) is 4.68 Å². The zero-order valence-corrected chi connectivity index (χ0v) is 15.8. The van der Waals surface area contributed by atoms with Gasteiger partial charge >= 0.3 is 0 Å². The van der Waals surface area contributed by atoms with Gasteiger partial charge < -0.3 is 10.2 Å². The fourth-order valence-electron chi connectivity index (χ4n) is 2.83. The summed E-state index contributed by atoms with van der Waals surface area (Å²) in [6, 6.07) is 7.48. The number of carbonyl (C=O) groups excluding carboxylic acids is 1. The van der Waals surface area contributed by atoms with E-state index in [4.69, 9.17) is 11.6 Å². The zero-order valence-electron chi connectivity index (χ0n) is 14.2. The Labute approximate surface area is 159 Å². The van der Waals surface area contributed by atoms with Gasteiger partial charge in [-0.05, 0) is 31.5 Å². The predicted octanol–water partition coefficient (Wildman–Crippen LogP) is 2.73. The minimum absolute atomic E-state index is 0. The number of rotatable bonds is 4. The van der Waals surface area contributed by atoms with E-state index < -0.39 is 0 Å². The highest BCUT2D eigenvalue weighted by atomic mass is 35.5. The Morgan fingerprint density at radius 3 is 2.84 bits per heavy atom. The number of hydrogen-bond acceptors (Lipinski definition) is 4. The monoisotopic (exact) mass is 383 g/mol. The van der Waals surface area contributed by atoms with Crippen molar-refractivity contribution in [3.63, 3.8) is 0 Å². The molecule has 0 spiro atoms. The molecule has 0 saturated carbocycles. The number of aryl methyl sites for hydroxylation is 1. The molecule has 1 aromatic heterocycles. The third-order valence-electron chi connectivity index (χ3n) is 4.05. The number of benzene rings is 1. The van der Waals surface area contributed by atoms with Crippen molar-refractivity contribution in [2.75, 3.05) is 26.2 Å². The molecule has 0 aliphatic carbocycles. The number of nitrogens with zero attached hydrogens (tertiary/aromatic N) is 4. The Kier molecular flexibility index (Phi) is 7.23. The maximum Gasteiger partial charge on any atom is 0.293 e. The number of hydrogen-bond donors (Lipinski definition) is 1. The summed E-state index contributed by atoms with van der Waals surface area (Å²) in [4.78, 5) is 19.1. The van der Waals surface area contributed by atoms with E-state index in [0.717, 1.165) is 50.4 Å². The molecule has 1 aliphatic heterocycles. The van der Waals surface area contributed by atoms with Crippen molar-refractivity contribution < 1.29 is 4.79 Å². The van der Waals surface area contributed by atoms with Crippen LogP contribution in [0.15, 0.2) is 24.3 Å². The SMILES string of the molecule is CCCc1nc(C(=O)N2CCCNCC2)nn1-c1ccccc1Cl.Cl. The summed E-state index contributed by atoms with van der Waals surface area (Å²) >= 11 is 6.30. The van der Waals surface area contributed by atoms with Gasteiger partial charge in [0.05, 0.1) is 10.7 Å². The van der Waals surface area contributed by atoms with Crippen molar-refractivity contribution in [2.24, 2.45) is 0 Å². The average molecular weight is 384 g/mol. The lowest BCUT2D eigenvalue weighted by molar-refractivity contribution is 0.0754. The van der Waals surface area contributed by atoms with Crippen LogP contribution < -0.4 is 5.32 Å². The van der Waals surface area contributed by atoms with Crippen molar-refractivity contribution in [2.45, 2.75) is 26.2 Å². The second kappa shape index (κ2) is 9.17. The first kappa shape index (κ1) is 19.7. The quantitative estimate of drug-likeness (QED) is 0.881. The summed E-state index contributed by atoms with van der Waals surface area (Å²) in [5.41, 5.74) is 0.756. The molecule has 6 nitrogen and oxygen atoms in total. The largest absolute Gasteiger partial charge is 0.335 e. The molecule has 2 aromatic rings. The molecule has 136 valence electrons. The van der Waals surface area contributed by atoms with Gasteiger partial charge in [-0.25, -0.2) is 9.67 Å². The molecule has 0 radical (unpaired) electrons. The van der Waals surface area contributed by atoms with Crippen LogP contribution in [0.25, 0.3) is 5.69 Å². The van der Waals surface area contributed by atoms with Crippen LogP contribution in [-0.4, -0.2) is 51.8 Å². The standard InChI is InChI=1S/C17H22ClN5O.ClH/c1-2-6-15-20-16(17(24)22-11-5-9-19-10-12-22)21-23(15)14-8-4-3-7-13(14)18;/h3-4,7-8,19H,2,5-6,9-12H2,1H3;1H. The minimum Gasteiger partial charge on any atom is -0.335 e. The van der Waals surface area contributed by atoms with Crippen molar-refractivity contribution >= 4 is 29.9 Å². The van der Waals surface area contributed by atoms with E-state index in [1.807, 2.05) is 29.2 Å². The molecule has 8 heteroatoms. The normalized spacial score (nSPS) is 14.7. The third-order valence-corrected chi connectivity index (χ3v) is 4.37. The number of nitrogens with one attached hydrogen (secondary N) is 1. The van der Waals surface area contributed by atoms with Gasteiger partial charge in [0, 0.05) is 26.1 Å². The van der Waals surface area contributed by atoms with Gasteiger partial charge in [0.15, 0.2) is 0 Å². The van der Waals surface area contributed by atoms with E-state index in [0.29, 0.717) is 11.6 Å². The summed E-state index contributed by atoms with van der Waals surface area (Å²) in [5.74, 6) is 0.907. The maximum absolute atomic E-state index is 12.8. The molecule has 1 amide bonds. The average Bonchev–Trinajstić information content (AvgIpc) is 2.81. The van der Waals surface area contributed by atoms with Gasteiger partial charge in [-0.15, -0.1) is 17.5 Å². The summed E-state index contributed by atoms with van der Waals surface area (Å²) < 4.78 is 1.70. The van der Waals surface area contributed by atoms with Gasteiger partial charge in [-0.3, -0.25) is 4.79 Å². The molecule has 3 rings (SSSR count). The first-order chi connectivity index (χ1) is 11.7. The van der Waals surface area contributed by atoms with Crippen LogP contribution in [0.4, 0.5) is 0 Å². The van der Waals surface area contributed by atoms with Crippen LogP contribution >= 0.6 is 24.0 Å². The molecule has 0 bridgehead atoms. The fourth-order valence-corrected chi connectivity index (χ4v) is 3.04. The lowest BCUT2D eigenvalue weighted by Crippen LogP contribution is -2.34. The maximum atomic E-state index is 12.8. The van der Waals surface area contributed by atoms with Crippen molar-refractivity contribution in [1.29, 1.82) is 0 Å². The molecule has 1 aliphatic rings. The number of amides is 1. The second-order valence-electron chi connectivity index (χ2n) is 5.86. The molecule has 1 N–H and O–H groups in total. The molecular formula is C17H23Cl2N5O. The number of aromatic nitrogens is 3. The van der Waals surface area contributed by atoms with E-state index >= 15 is 0 Å². The molecule has 0 unspecified atom stereocenters. The first-order valence-electron chi connectivity index (χ1n) is 8.41. The highest BCUT2D eigenvalue weighted by Gasteiger charge is 2.23. The third kappa shape index (κ3) is 4.51. The highest BCUT2D eigenvalue weighted by molar-refractivity contribution is 6.32. The molecule has 25 heavy (non-hydrogen) atoms. The summed E-state index contributed by atoms with van der Waals surface area (Å²) in [6.07, 6.45) is 2.61. The van der Waals surface area contributed by atoms with Crippen molar-refractivity contribution in [3.8, 4) is 5.69 Å². The van der Waals surface area contributed by atoms with Crippen molar-refractivity contribution in [3.05, 3.63) is 40.9 Å². The van der Waals surface area contributed by atoms with Gasteiger partial charge in [0.2, 0.25) is 5.82 Å². The van der Waals surface area contributed by atoms with E-state index in [1.165, 1.54) is 0 Å². The van der Waals surface area contributed by atoms with Crippen LogP contribution in [0.2, 0.25) is 5.02 Å². The summed E-state index contributed by atoms with van der Waals surface area (Å²) in [5, 5.41) is 8.37. The summed E-state index contributed by atoms with van der Waals surface area (Å²) in [6.45, 7) is 5.23. The smallest absolute Gasteiger partial charge is 0.293 e. The van der Waals surface area contributed by atoms with Crippen LogP contribution in [0.1, 0.15) is 36.2 Å². The van der Waals surface area contributed by atoms with Crippen LogP contribution in [0, 0.1) is 0 Å². The molecule has 1 saturated heterocycles. The molecular weight excluding hydrogens is 361 g/mol. The highest BCUT2D eigenvalue weighted by Crippen LogP contribution is 2.21. The van der Waals surface area contributed by atoms with E-state index in [-0.39, 0.29) is 24.1 Å². The lowest BCUT2D eigenvalue weighted by atomic mass is 10.3. The molecule has 0 atom stereocenters. The van der Waals surface area contributed by atoms with Crippen LogP contribution in [0.5, 0.6) is 0 Å². The van der Waals surface area contributed by atoms with E-state index in [9.17, 15) is 4.79 Å². The van der Waals surface area contributed by atoms with Gasteiger partial charge in [0.1, 0.15) is 5.82 Å². The number of carbonyl (C=O) groups is 1. The van der Waals surface area contributed by atoms with Gasteiger partial charge in [0.25, 0.3) is 5.91 Å². The van der Waals surface area contributed by atoms with E-state index in [2.05, 4.69) is 22.3 Å². The first-order valence-corrected chi connectivity index (χ1v) is 8.79. The second-order valence-corrected chi connectivity index (χ2v) is 6.27. The lowest BCUT2D eigenvalue weighted by Gasteiger charge is -2.17. The number of para-hydroxylation sites is 1. The Morgan fingerprint density at radius 2 is 2.08 bits per heavy atom. The topological polar surface area (TPSA) is 63.1 Å². The fraction of sp³-hybridized carbons (Fsp3) is 0.471. The minimum atomic E-state index is -0.109. The summed E-state index contributed by atoms with van der Waals surface area (Å²) in [7, 11) is 0. The van der Waals surface area contributed by atoms with Gasteiger partial charge in [-0.2, -0.15) is 0 Å². The Morgan fingerprint density at radius 1 is 1.28 bits per heavy atom. The molecule has 1 aromatic carbocycles. The Balaban J connectivity index is 0.00000225. The van der Waals surface area contributed by atoms with Gasteiger partial charge in [-0.1, -0.05) is 30.7 Å².